The molecule has 1 aliphatic heterocycles. The fraction of sp³-hybridized carbons (Fsp3) is 0.750. The molecular formula is C48H68O16. The van der Waals surface area contributed by atoms with Gasteiger partial charge in [-0.1, -0.05) is 46.8 Å². The van der Waals surface area contributed by atoms with E-state index in [-0.39, 0.29) is 41.6 Å². The molecule has 16 heteroatoms. The highest BCUT2D eigenvalue weighted by atomic mass is 16.7. The molecular weight excluding hydrogens is 833 g/mol. The molecule has 0 aromatic heterocycles. The Morgan fingerprint density at radius 2 is 1.31 bits per heavy atom. The van der Waals surface area contributed by atoms with Crippen molar-refractivity contribution >= 4 is 47.9 Å². The van der Waals surface area contributed by atoms with Crippen LogP contribution in [0.2, 0.25) is 0 Å². The van der Waals surface area contributed by atoms with Gasteiger partial charge in [-0.25, -0.2) is 0 Å². The van der Waals surface area contributed by atoms with Crippen molar-refractivity contribution in [1.29, 1.82) is 0 Å². The number of Topliss-reactive ketones (excluding diaryl/α,β-unsaturated/α-hetero) is 1. The zero-order valence-corrected chi connectivity index (χ0v) is 39.5. The lowest BCUT2D eigenvalue weighted by molar-refractivity contribution is -0.315. The van der Waals surface area contributed by atoms with Gasteiger partial charge in [0.15, 0.2) is 30.4 Å². The average molecular weight is 901 g/mol. The molecule has 0 unspecified atom stereocenters. The van der Waals surface area contributed by atoms with Crippen LogP contribution in [0.5, 0.6) is 0 Å². The predicted octanol–water partition coefficient (Wildman–Crippen LogP) is 5.88. The summed E-state index contributed by atoms with van der Waals surface area (Å²) in [5, 5.41) is 0. The molecule has 0 aromatic carbocycles. The highest BCUT2D eigenvalue weighted by molar-refractivity contribution is 5.97. The molecule has 3 saturated carbocycles. The third-order valence-electron chi connectivity index (χ3n) is 15.5. The fourth-order valence-corrected chi connectivity index (χ4v) is 12.7. The van der Waals surface area contributed by atoms with E-state index < -0.39 is 113 Å². The smallest absolute Gasteiger partial charge is 0.303 e. The third kappa shape index (κ3) is 9.59. The van der Waals surface area contributed by atoms with Crippen molar-refractivity contribution in [3.8, 4) is 0 Å². The maximum absolute atomic E-state index is 14.1. The zero-order chi connectivity index (χ0) is 47.9. The minimum Gasteiger partial charge on any atom is -0.463 e. The van der Waals surface area contributed by atoms with Crippen LogP contribution in [0, 0.1) is 45.3 Å². The molecule has 1 saturated heterocycles. The van der Waals surface area contributed by atoms with Crippen molar-refractivity contribution in [3.05, 3.63) is 23.8 Å². The highest BCUT2D eigenvalue weighted by Crippen LogP contribution is 2.75. The largest absolute Gasteiger partial charge is 0.463 e. The Bertz CT molecular complexity index is 1920. The monoisotopic (exact) mass is 900 g/mol. The number of esters is 6. The molecule has 356 valence electrons. The quantitative estimate of drug-likeness (QED) is 0.0617. The average Bonchev–Trinajstić information content (AvgIpc) is 3.46. The molecule has 0 aromatic rings. The van der Waals surface area contributed by atoms with E-state index in [4.69, 9.17) is 37.9 Å². The van der Waals surface area contributed by atoms with Crippen LogP contribution >= 0.6 is 0 Å². The number of hydrogen-bond acceptors (Lipinski definition) is 16. The van der Waals surface area contributed by atoms with E-state index in [0.717, 1.165) is 39.1 Å². The van der Waals surface area contributed by atoms with Gasteiger partial charge in [-0.05, 0) is 92.1 Å². The summed E-state index contributed by atoms with van der Waals surface area (Å²) in [5.74, 6) is -5.16. The van der Waals surface area contributed by atoms with Gasteiger partial charge in [0.25, 0.3) is 0 Å². The van der Waals surface area contributed by atoms with E-state index in [1.54, 1.807) is 6.92 Å². The first kappa shape index (κ1) is 50.6. The van der Waals surface area contributed by atoms with Crippen molar-refractivity contribution in [2.45, 2.75) is 177 Å². The van der Waals surface area contributed by atoms with Crippen LogP contribution < -0.4 is 0 Å². The Hall–Kier alpha value is -4.44. The molecule has 0 radical (unpaired) electrons. The van der Waals surface area contributed by atoms with Gasteiger partial charge in [-0.15, -0.1) is 0 Å². The Morgan fingerprint density at radius 1 is 0.734 bits per heavy atom. The van der Waals surface area contributed by atoms with Crippen LogP contribution in [0.3, 0.4) is 0 Å². The number of carbonyl (C=O) groups excluding carboxylic acids is 8. The number of ketones is 1. The van der Waals surface area contributed by atoms with Crippen LogP contribution in [-0.4, -0.2) is 104 Å². The maximum atomic E-state index is 14.1. The Kier molecular flexibility index (Phi) is 15.2. The van der Waals surface area contributed by atoms with Gasteiger partial charge in [0.1, 0.15) is 37.3 Å². The Balaban J connectivity index is 1.52. The van der Waals surface area contributed by atoms with Gasteiger partial charge in [-0.3, -0.25) is 33.6 Å². The number of carbonyl (C=O) groups is 8. The van der Waals surface area contributed by atoms with Crippen LogP contribution in [0.1, 0.15) is 128 Å². The van der Waals surface area contributed by atoms with Gasteiger partial charge in [0.2, 0.25) is 0 Å². The van der Waals surface area contributed by atoms with Crippen molar-refractivity contribution < 1.29 is 76.3 Å². The number of fused-ring (bicyclic) bond motifs is 5. The summed E-state index contributed by atoms with van der Waals surface area (Å²) >= 11 is 0. The van der Waals surface area contributed by atoms with Crippen LogP contribution in [0.25, 0.3) is 0 Å². The first-order valence-electron chi connectivity index (χ1n) is 22.4. The SMILES string of the molecule is C=C(C)C(=O)[C@@H](C[C@@H](C)[C@H]1CC[C@@]2(C)[C@@H]3[C@@H](OC(C)=O)C=C4[C@H](CC[C@H](OC(C)=O)C4(C)C)[C@]3(C=O)CC[C@]12C)O[C@@H]1O[C@H](COC(C)=O)[C@@H](OC(C)=O)[C@H](OC(C)=O)[C@H]1OC(C)=O. The third-order valence-corrected chi connectivity index (χ3v) is 15.5. The second-order valence-corrected chi connectivity index (χ2v) is 19.9. The molecule has 4 aliphatic carbocycles. The lowest BCUT2D eigenvalue weighted by atomic mass is 9.38. The molecule has 0 N–H and O–H groups in total. The van der Waals surface area contributed by atoms with Crippen molar-refractivity contribution in [3.63, 3.8) is 0 Å². The van der Waals surface area contributed by atoms with E-state index in [1.807, 2.05) is 26.8 Å². The summed E-state index contributed by atoms with van der Waals surface area (Å²) in [6.45, 7) is 22.8. The van der Waals surface area contributed by atoms with Gasteiger partial charge in [0, 0.05) is 58.3 Å². The summed E-state index contributed by atoms with van der Waals surface area (Å²) in [4.78, 5) is 102. The normalized spacial score (nSPS) is 37.0. The van der Waals surface area contributed by atoms with Crippen molar-refractivity contribution in [2.75, 3.05) is 6.61 Å². The maximum Gasteiger partial charge on any atom is 0.303 e. The van der Waals surface area contributed by atoms with Crippen LogP contribution in [0.4, 0.5) is 0 Å². The molecule has 5 rings (SSSR count). The first-order chi connectivity index (χ1) is 29.7. The number of rotatable bonds is 15. The van der Waals surface area contributed by atoms with E-state index in [2.05, 4.69) is 20.4 Å². The van der Waals surface area contributed by atoms with Gasteiger partial charge in [0.05, 0.1) is 0 Å². The molecule has 0 spiro atoms. The minimum atomic E-state index is -1.58. The Labute approximate surface area is 376 Å². The van der Waals surface area contributed by atoms with E-state index in [0.29, 0.717) is 32.1 Å². The summed E-state index contributed by atoms with van der Waals surface area (Å²) < 4.78 is 46.8. The highest BCUT2D eigenvalue weighted by Gasteiger charge is 2.72. The van der Waals surface area contributed by atoms with E-state index in [9.17, 15) is 38.4 Å². The van der Waals surface area contributed by atoms with Crippen LogP contribution in [-0.2, 0) is 76.3 Å². The lowest BCUT2D eigenvalue weighted by Gasteiger charge is -2.66. The van der Waals surface area contributed by atoms with Crippen molar-refractivity contribution in [1.82, 2.24) is 0 Å². The molecule has 5 aliphatic rings. The molecule has 16 nitrogen and oxygen atoms in total. The molecule has 64 heavy (non-hydrogen) atoms. The minimum absolute atomic E-state index is 0.0268. The summed E-state index contributed by atoms with van der Waals surface area (Å²) in [5.41, 5.74) is -1.30. The molecule has 0 bridgehead atoms. The van der Waals surface area contributed by atoms with Gasteiger partial charge in [-0.2, -0.15) is 0 Å². The molecule has 0 amide bonds. The van der Waals surface area contributed by atoms with Crippen LogP contribution in [0.15, 0.2) is 23.8 Å². The zero-order valence-electron chi connectivity index (χ0n) is 39.5. The second-order valence-electron chi connectivity index (χ2n) is 19.9. The van der Waals surface area contributed by atoms with Gasteiger partial charge < -0.3 is 42.7 Å². The summed E-state index contributed by atoms with van der Waals surface area (Å²) in [6, 6.07) is 0. The van der Waals surface area contributed by atoms with Gasteiger partial charge >= 0.3 is 35.8 Å². The Morgan fingerprint density at radius 3 is 1.86 bits per heavy atom. The number of ether oxygens (including phenoxy) is 8. The number of hydrogen-bond donors (Lipinski definition) is 0. The molecule has 4 fully saturated rings. The predicted molar refractivity (Wildman–Crippen MR) is 226 cm³/mol. The van der Waals surface area contributed by atoms with E-state index in [1.165, 1.54) is 20.8 Å². The molecule has 1 heterocycles. The topological polar surface area (TPSA) is 210 Å². The molecule has 15 atom stereocenters. The summed E-state index contributed by atoms with van der Waals surface area (Å²) in [7, 11) is 0. The number of aldehydes is 1. The van der Waals surface area contributed by atoms with E-state index >= 15 is 0 Å². The standard InChI is InChI=1S/C48H68O16/c1-24(2)39(56)35(63-44-42(62-31(9)55)41(61-30(8)54)40(60-29(7)53)37(64-44)22-57-26(4)50)20-25(3)32-16-17-47(13)43-36(58-27(5)51)21-34-33(48(43,23-49)19-18-46(32,47)12)14-15-38(45(34,10)11)59-28(6)52/h21,23,25,32-33,35-38,40-44H,1,14-20,22H2,2-13H3/t25-,32-,33+,35-,36+,37-,38+,40-,41+,42-,43+,44-,46-,47+,48-/m1/s1. The summed E-state index contributed by atoms with van der Waals surface area (Å²) in [6.07, 6.45) is -2.55. The first-order valence-corrected chi connectivity index (χ1v) is 22.4. The second kappa shape index (κ2) is 19.2. The fourth-order valence-electron chi connectivity index (χ4n) is 12.7. The van der Waals surface area contributed by atoms with Crippen molar-refractivity contribution in [2.24, 2.45) is 45.3 Å². The lowest BCUT2D eigenvalue weighted by Crippen LogP contribution is -2.65.